The van der Waals surface area contributed by atoms with Gasteiger partial charge in [0.1, 0.15) is 5.82 Å². The predicted molar refractivity (Wildman–Crippen MR) is 115 cm³/mol. The quantitative estimate of drug-likeness (QED) is 0.370. The molecule has 0 saturated carbocycles. The maximum atomic E-state index is 13.6. The number of carbonyl (C=O) groups excluding carboxylic acids is 2. The molecule has 0 aliphatic carbocycles. The lowest BCUT2D eigenvalue weighted by Crippen LogP contribution is -2.47. The fourth-order valence-electron chi connectivity index (χ4n) is 4.39. The van der Waals surface area contributed by atoms with Crippen LogP contribution in [0, 0.1) is 19.7 Å². The van der Waals surface area contributed by atoms with E-state index in [0.29, 0.717) is 16.3 Å². The number of nitrogens with one attached hydrogen (secondary N) is 3. The second-order valence-corrected chi connectivity index (χ2v) is 8.01. The molecule has 1 saturated heterocycles. The van der Waals surface area contributed by atoms with Crippen molar-refractivity contribution in [3.63, 3.8) is 0 Å². The van der Waals surface area contributed by atoms with E-state index in [4.69, 9.17) is 0 Å². The molecule has 2 aromatic carbocycles. The molecule has 4 N–H and O–H groups in total. The van der Waals surface area contributed by atoms with Gasteiger partial charge in [-0.05, 0) is 43.2 Å². The number of hydrogen-bond donors (Lipinski definition) is 4. The van der Waals surface area contributed by atoms with E-state index in [0.717, 1.165) is 22.5 Å². The number of nitrogens with zero attached hydrogens (tertiary/aromatic N) is 2. The molecular weight excluding hydrogens is 413 g/mol. The number of urea groups is 1. The first-order valence-corrected chi connectivity index (χ1v) is 10.0. The highest BCUT2D eigenvalue weighted by Crippen LogP contribution is 2.35. The minimum atomic E-state index is -1.44. The van der Waals surface area contributed by atoms with Gasteiger partial charge in [-0.25, -0.2) is 9.18 Å². The number of carbonyl (C=O) groups is 2. The number of aromatic amines is 1. The summed E-state index contributed by atoms with van der Waals surface area (Å²) in [6.07, 6.45) is 1.62. The van der Waals surface area contributed by atoms with Crippen molar-refractivity contribution in [3.8, 4) is 17.0 Å². The number of imide groups is 1. The number of benzene rings is 2. The summed E-state index contributed by atoms with van der Waals surface area (Å²) in [6, 6.07) is 10.7. The highest BCUT2D eigenvalue weighted by Gasteiger charge is 2.48. The summed E-state index contributed by atoms with van der Waals surface area (Å²) in [5.74, 6) is -1.20. The van der Waals surface area contributed by atoms with Gasteiger partial charge in [0.15, 0.2) is 11.4 Å². The number of amides is 3. The van der Waals surface area contributed by atoms with Crippen LogP contribution in [0.25, 0.3) is 21.9 Å². The Balaban J connectivity index is 1.59. The monoisotopic (exact) mass is 433 g/mol. The zero-order valence-electron chi connectivity index (χ0n) is 17.4. The Morgan fingerprint density at radius 3 is 2.50 bits per heavy atom. The summed E-state index contributed by atoms with van der Waals surface area (Å²) in [7, 11) is 0. The third-order valence-electron chi connectivity index (χ3n) is 5.97. The Bertz CT molecular complexity index is 1370. The number of aromatic hydroxyl groups is 1. The topological polar surface area (TPSA) is 112 Å². The summed E-state index contributed by atoms with van der Waals surface area (Å²) < 4.78 is 15.1. The van der Waals surface area contributed by atoms with Crippen molar-refractivity contribution in [1.82, 2.24) is 25.4 Å². The average molecular weight is 433 g/mol. The molecule has 3 amide bonds. The zero-order chi connectivity index (χ0) is 22.6. The number of aryl methyl sites for hydroxylation is 2. The van der Waals surface area contributed by atoms with Gasteiger partial charge in [-0.3, -0.25) is 15.2 Å². The van der Waals surface area contributed by atoms with Crippen LogP contribution in [0.2, 0.25) is 0 Å². The van der Waals surface area contributed by atoms with Crippen molar-refractivity contribution in [1.29, 1.82) is 0 Å². The molecule has 32 heavy (non-hydrogen) atoms. The SMILES string of the molecule is Cc1n[nH]c(C)c1-c1ccc([C@]2(Cn3cc4ccc(F)cc4c3O)NC(=O)NC2=O)cc1. The fourth-order valence-corrected chi connectivity index (χ4v) is 4.39. The maximum absolute atomic E-state index is 13.6. The molecular formula is C23H20FN5O3. The van der Waals surface area contributed by atoms with Crippen molar-refractivity contribution < 1.29 is 19.1 Å². The third kappa shape index (κ3) is 2.93. The third-order valence-corrected chi connectivity index (χ3v) is 5.97. The smallest absolute Gasteiger partial charge is 0.322 e. The summed E-state index contributed by atoms with van der Waals surface area (Å²) in [6.45, 7) is 3.76. The second kappa shape index (κ2) is 6.94. The van der Waals surface area contributed by atoms with E-state index >= 15 is 0 Å². The van der Waals surface area contributed by atoms with Crippen LogP contribution in [0.5, 0.6) is 5.88 Å². The fraction of sp³-hybridized carbons (Fsp3) is 0.174. The van der Waals surface area contributed by atoms with E-state index in [1.54, 1.807) is 24.4 Å². The molecule has 8 nitrogen and oxygen atoms in total. The molecule has 162 valence electrons. The first-order valence-electron chi connectivity index (χ1n) is 10.0. The van der Waals surface area contributed by atoms with E-state index < -0.39 is 23.3 Å². The molecule has 4 aromatic rings. The normalized spacial score (nSPS) is 18.2. The van der Waals surface area contributed by atoms with Gasteiger partial charge < -0.3 is 15.0 Å². The van der Waals surface area contributed by atoms with Crippen molar-refractivity contribution in [2.75, 3.05) is 0 Å². The predicted octanol–water partition coefficient (Wildman–Crippen LogP) is 3.23. The van der Waals surface area contributed by atoms with Crippen molar-refractivity contribution in [3.05, 3.63) is 71.4 Å². The van der Waals surface area contributed by atoms with Gasteiger partial charge >= 0.3 is 6.03 Å². The van der Waals surface area contributed by atoms with Gasteiger partial charge in [0, 0.05) is 28.2 Å². The molecule has 3 heterocycles. The highest BCUT2D eigenvalue weighted by molar-refractivity contribution is 6.07. The molecule has 0 spiro atoms. The van der Waals surface area contributed by atoms with Crippen LogP contribution in [0.3, 0.4) is 0 Å². The highest BCUT2D eigenvalue weighted by atomic mass is 19.1. The summed E-state index contributed by atoms with van der Waals surface area (Å²) in [5.41, 5.74) is 2.78. The molecule has 1 aliphatic rings. The lowest BCUT2D eigenvalue weighted by atomic mass is 9.88. The number of rotatable bonds is 4. The molecule has 9 heteroatoms. The van der Waals surface area contributed by atoms with Gasteiger partial charge in [-0.1, -0.05) is 24.3 Å². The molecule has 2 aromatic heterocycles. The van der Waals surface area contributed by atoms with E-state index in [1.807, 2.05) is 26.0 Å². The Morgan fingerprint density at radius 1 is 1.12 bits per heavy atom. The van der Waals surface area contributed by atoms with E-state index in [1.165, 1.54) is 16.7 Å². The first-order chi connectivity index (χ1) is 15.3. The van der Waals surface area contributed by atoms with Crippen molar-refractivity contribution in [2.45, 2.75) is 25.9 Å². The summed E-state index contributed by atoms with van der Waals surface area (Å²) in [4.78, 5) is 25.1. The van der Waals surface area contributed by atoms with Crippen molar-refractivity contribution >= 4 is 22.7 Å². The molecule has 5 rings (SSSR count). The number of H-pyrrole nitrogens is 1. The van der Waals surface area contributed by atoms with Crippen LogP contribution in [0.15, 0.2) is 48.7 Å². The average Bonchev–Trinajstić information content (AvgIpc) is 3.36. The minimum Gasteiger partial charge on any atom is -0.494 e. The minimum absolute atomic E-state index is 0.0736. The van der Waals surface area contributed by atoms with Crippen LogP contribution in [0.1, 0.15) is 17.0 Å². The van der Waals surface area contributed by atoms with Crippen LogP contribution in [0.4, 0.5) is 9.18 Å². The molecule has 1 aliphatic heterocycles. The first kappa shape index (κ1) is 19.8. The summed E-state index contributed by atoms with van der Waals surface area (Å²) in [5, 5.41) is 23.8. The summed E-state index contributed by atoms with van der Waals surface area (Å²) >= 11 is 0. The lowest BCUT2D eigenvalue weighted by Gasteiger charge is -2.27. The standard InChI is InChI=1S/C23H20FN5O3/c1-12-19(13(2)28-27-12)14-3-6-16(7-4-14)23(21(31)25-22(32)26-23)11-29-10-15-5-8-17(24)9-18(15)20(29)30/h3-10,30H,11H2,1-2H3,(H,27,28)(H2,25,26,31,32)/t23-/m0/s1. The second-order valence-electron chi connectivity index (χ2n) is 8.01. The van der Waals surface area contributed by atoms with Crippen LogP contribution in [-0.2, 0) is 16.9 Å². The number of aromatic nitrogens is 3. The Labute approximate surface area is 182 Å². The van der Waals surface area contributed by atoms with Crippen molar-refractivity contribution in [2.24, 2.45) is 0 Å². The lowest BCUT2D eigenvalue weighted by molar-refractivity contribution is -0.124. The Kier molecular flexibility index (Phi) is 4.30. The van der Waals surface area contributed by atoms with Gasteiger partial charge in [-0.2, -0.15) is 5.10 Å². The van der Waals surface area contributed by atoms with E-state index in [2.05, 4.69) is 20.8 Å². The number of halogens is 1. The Morgan fingerprint density at radius 2 is 1.88 bits per heavy atom. The van der Waals surface area contributed by atoms with Crippen LogP contribution in [-0.4, -0.2) is 31.8 Å². The molecule has 0 unspecified atom stereocenters. The Hall–Kier alpha value is -4.14. The molecule has 1 fully saturated rings. The van der Waals surface area contributed by atoms with Gasteiger partial charge in [0.25, 0.3) is 5.91 Å². The molecule has 1 atom stereocenters. The van der Waals surface area contributed by atoms with Crippen LogP contribution >= 0.6 is 0 Å². The van der Waals surface area contributed by atoms with Gasteiger partial charge in [0.05, 0.1) is 12.2 Å². The largest absolute Gasteiger partial charge is 0.494 e. The molecule has 0 bridgehead atoms. The van der Waals surface area contributed by atoms with Gasteiger partial charge in [0.2, 0.25) is 0 Å². The van der Waals surface area contributed by atoms with E-state index in [9.17, 15) is 19.1 Å². The zero-order valence-corrected chi connectivity index (χ0v) is 17.4. The number of hydrogen-bond acceptors (Lipinski definition) is 4. The molecule has 0 radical (unpaired) electrons. The van der Waals surface area contributed by atoms with Gasteiger partial charge in [-0.15, -0.1) is 0 Å². The number of fused-ring (bicyclic) bond motifs is 1. The maximum Gasteiger partial charge on any atom is 0.322 e. The van der Waals surface area contributed by atoms with Crippen LogP contribution < -0.4 is 10.6 Å². The van der Waals surface area contributed by atoms with E-state index in [-0.39, 0.29) is 12.4 Å².